The fourth-order valence-electron chi connectivity index (χ4n) is 4.24. The van der Waals surface area contributed by atoms with Gasteiger partial charge in [0.05, 0.1) is 26.4 Å². The second kappa shape index (κ2) is 9.39. The number of benzene rings is 2. The Morgan fingerprint density at radius 2 is 1.83 bits per heavy atom. The molecule has 0 radical (unpaired) electrons. The number of hydrogen-bond donors (Lipinski definition) is 0. The zero-order chi connectivity index (χ0) is 20.9. The SMILES string of the molecule is COc1ccc(C2CCCN2C(=O)c2ccc(OCC3CCCO3)cc2)cc1OC. The van der Waals surface area contributed by atoms with E-state index in [4.69, 9.17) is 18.9 Å². The second-order valence-corrected chi connectivity index (χ2v) is 7.74. The number of carbonyl (C=O) groups excluding carboxylic acids is 1. The fourth-order valence-corrected chi connectivity index (χ4v) is 4.24. The van der Waals surface area contributed by atoms with E-state index in [-0.39, 0.29) is 18.1 Å². The van der Waals surface area contributed by atoms with Gasteiger partial charge in [-0.3, -0.25) is 4.79 Å². The molecule has 0 aromatic heterocycles. The molecule has 2 saturated heterocycles. The van der Waals surface area contributed by atoms with E-state index in [2.05, 4.69) is 0 Å². The van der Waals surface area contributed by atoms with E-state index < -0.39 is 0 Å². The minimum Gasteiger partial charge on any atom is -0.493 e. The second-order valence-electron chi connectivity index (χ2n) is 7.74. The highest BCUT2D eigenvalue weighted by Crippen LogP contribution is 2.37. The van der Waals surface area contributed by atoms with Gasteiger partial charge in [0.2, 0.25) is 0 Å². The molecular formula is C24H29NO5. The van der Waals surface area contributed by atoms with E-state index in [0.717, 1.165) is 50.1 Å². The van der Waals surface area contributed by atoms with Gasteiger partial charge in [-0.1, -0.05) is 6.07 Å². The van der Waals surface area contributed by atoms with Crippen LogP contribution in [0.15, 0.2) is 42.5 Å². The van der Waals surface area contributed by atoms with E-state index in [1.807, 2.05) is 47.4 Å². The predicted octanol–water partition coefficient (Wildman–Crippen LogP) is 4.24. The number of hydrogen-bond acceptors (Lipinski definition) is 5. The first kappa shape index (κ1) is 20.5. The van der Waals surface area contributed by atoms with Crippen molar-refractivity contribution < 1.29 is 23.7 Å². The summed E-state index contributed by atoms with van der Waals surface area (Å²) in [4.78, 5) is 15.1. The molecule has 2 aromatic rings. The number of nitrogens with zero attached hydrogens (tertiary/aromatic N) is 1. The molecule has 0 spiro atoms. The van der Waals surface area contributed by atoms with Crippen molar-refractivity contribution in [1.29, 1.82) is 0 Å². The van der Waals surface area contributed by atoms with Crippen LogP contribution in [0, 0.1) is 0 Å². The van der Waals surface area contributed by atoms with Crippen molar-refractivity contribution in [1.82, 2.24) is 4.90 Å². The van der Waals surface area contributed by atoms with Crippen LogP contribution in [0.1, 0.15) is 47.6 Å². The van der Waals surface area contributed by atoms with Gasteiger partial charge in [0.15, 0.2) is 11.5 Å². The van der Waals surface area contributed by atoms with E-state index in [0.29, 0.717) is 23.7 Å². The molecule has 160 valence electrons. The highest BCUT2D eigenvalue weighted by atomic mass is 16.5. The zero-order valence-electron chi connectivity index (χ0n) is 17.6. The van der Waals surface area contributed by atoms with E-state index in [9.17, 15) is 4.79 Å². The maximum Gasteiger partial charge on any atom is 0.254 e. The van der Waals surface area contributed by atoms with E-state index in [1.165, 1.54) is 0 Å². The first-order valence-electron chi connectivity index (χ1n) is 10.6. The third-order valence-electron chi connectivity index (χ3n) is 5.87. The Balaban J connectivity index is 1.44. The Kier molecular flexibility index (Phi) is 6.43. The number of carbonyl (C=O) groups is 1. The van der Waals surface area contributed by atoms with Crippen molar-refractivity contribution in [2.75, 3.05) is 34.0 Å². The first-order chi connectivity index (χ1) is 14.7. The summed E-state index contributed by atoms with van der Waals surface area (Å²) in [5.41, 5.74) is 1.74. The molecule has 2 fully saturated rings. The Hall–Kier alpha value is -2.73. The van der Waals surface area contributed by atoms with Crippen LogP contribution in [0.2, 0.25) is 0 Å². The number of likely N-dealkylation sites (tertiary alicyclic amines) is 1. The van der Waals surface area contributed by atoms with Crippen molar-refractivity contribution >= 4 is 5.91 Å². The van der Waals surface area contributed by atoms with Crippen LogP contribution in [-0.2, 0) is 4.74 Å². The summed E-state index contributed by atoms with van der Waals surface area (Å²) in [5.74, 6) is 2.18. The lowest BCUT2D eigenvalue weighted by atomic mass is 10.0. The fraction of sp³-hybridized carbons (Fsp3) is 0.458. The van der Waals surface area contributed by atoms with Crippen LogP contribution < -0.4 is 14.2 Å². The summed E-state index contributed by atoms with van der Waals surface area (Å²) >= 11 is 0. The van der Waals surface area contributed by atoms with Crippen molar-refractivity contribution in [3.05, 3.63) is 53.6 Å². The van der Waals surface area contributed by atoms with E-state index >= 15 is 0 Å². The summed E-state index contributed by atoms with van der Waals surface area (Å²) in [7, 11) is 3.25. The predicted molar refractivity (Wildman–Crippen MR) is 113 cm³/mol. The molecular weight excluding hydrogens is 382 g/mol. The molecule has 2 aliphatic heterocycles. The summed E-state index contributed by atoms with van der Waals surface area (Å²) in [6.45, 7) is 2.12. The monoisotopic (exact) mass is 411 g/mol. The third kappa shape index (κ3) is 4.38. The molecule has 6 nitrogen and oxygen atoms in total. The van der Waals surface area contributed by atoms with Gasteiger partial charge in [-0.15, -0.1) is 0 Å². The maximum absolute atomic E-state index is 13.2. The normalized spacial score (nSPS) is 20.9. The maximum atomic E-state index is 13.2. The van der Waals surface area contributed by atoms with Gasteiger partial charge in [-0.25, -0.2) is 0 Å². The molecule has 2 atom stereocenters. The first-order valence-corrected chi connectivity index (χ1v) is 10.6. The highest BCUT2D eigenvalue weighted by Gasteiger charge is 2.31. The summed E-state index contributed by atoms with van der Waals surface area (Å²) in [5, 5.41) is 0. The topological polar surface area (TPSA) is 57.2 Å². The summed E-state index contributed by atoms with van der Waals surface area (Å²) in [6, 6.07) is 13.3. The molecule has 2 unspecified atom stereocenters. The van der Waals surface area contributed by atoms with Crippen LogP contribution >= 0.6 is 0 Å². The third-order valence-corrected chi connectivity index (χ3v) is 5.87. The minimum atomic E-state index is 0.0350. The Morgan fingerprint density at radius 1 is 1.03 bits per heavy atom. The van der Waals surface area contributed by atoms with Gasteiger partial charge < -0.3 is 23.8 Å². The molecule has 1 amide bonds. The largest absolute Gasteiger partial charge is 0.493 e. The van der Waals surface area contributed by atoms with Gasteiger partial charge in [0.1, 0.15) is 12.4 Å². The molecule has 2 aliphatic rings. The van der Waals surface area contributed by atoms with Crippen LogP contribution in [-0.4, -0.2) is 50.9 Å². The number of amides is 1. The summed E-state index contributed by atoms with van der Waals surface area (Å²) < 4.78 is 22.2. The lowest BCUT2D eigenvalue weighted by molar-refractivity contribution is 0.0678. The van der Waals surface area contributed by atoms with Crippen LogP contribution in [0.4, 0.5) is 0 Å². The standard InChI is InChI=1S/C24H29NO5/c1-27-22-12-9-18(15-23(22)28-2)21-6-3-13-25(21)24(26)17-7-10-19(11-8-17)30-16-20-5-4-14-29-20/h7-12,15,20-21H,3-6,13-14,16H2,1-2H3. The summed E-state index contributed by atoms with van der Waals surface area (Å²) in [6.07, 6.45) is 4.23. The van der Waals surface area contributed by atoms with Gasteiger partial charge in [-0.05, 0) is 67.6 Å². The Bertz CT molecular complexity index is 860. The molecule has 2 aromatic carbocycles. The van der Waals surface area contributed by atoms with Crippen molar-refractivity contribution in [3.8, 4) is 17.2 Å². The molecule has 30 heavy (non-hydrogen) atoms. The van der Waals surface area contributed by atoms with Crippen molar-refractivity contribution in [2.45, 2.75) is 37.8 Å². The van der Waals surface area contributed by atoms with Gasteiger partial charge >= 0.3 is 0 Å². The quantitative estimate of drug-likeness (QED) is 0.682. The Morgan fingerprint density at radius 3 is 2.53 bits per heavy atom. The van der Waals surface area contributed by atoms with E-state index in [1.54, 1.807) is 14.2 Å². The molecule has 6 heteroatoms. The average molecular weight is 411 g/mol. The lowest BCUT2D eigenvalue weighted by Crippen LogP contribution is -2.30. The van der Waals surface area contributed by atoms with Crippen molar-refractivity contribution in [2.24, 2.45) is 0 Å². The Labute approximate surface area is 177 Å². The molecule has 0 bridgehead atoms. The molecule has 0 saturated carbocycles. The van der Waals surface area contributed by atoms with Gasteiger partial charge in [-0.2, -0.15) is 0 Å². The van der Waals surface area contributed by atoms with Crippen LogP contribution in [0.25, 0.3) is 0 Å². The number of methoxy groups -OCH3 is 2. The molecule has 0 N–H and O–H groups in total. The van der Waals surface area contributed by atoms with Crippen molar-refractivity contribution in [3.63, 3.8) is 0 Å². The minimum absolute atomic E-state index is 0.0350. The lowest BCUT2D eigenvalue weighted by Gasteiger charge is -2.26. The zero-order valence-corrected chi connectivity index (χ0v) is 17.6. The number of ether oxygens (including phenoxy) is 4. The molecule has 4 rings (SSSR count). The van der Waals surface area contributed by atoms with Crippen LogP contribution in [0.3, 0.4) is 0 Å². The molecule has 2 heterocycles. The highest BCUT2D eigenvalue weighted by molar-refractivity contribution is 5.94. The number of rotatable bonds is 7. The average Bonchev–Trinajstić information content (AvgIpc) is 3.49. The van der Waals surface area contributed by atoms with Crippen LogP contribution in [0.5, 0.6) is 17.2 Å². The van der Waals surface area contributed by atoms with Gasteiger partial charge in [0.25, 0.3) is 5.91 Å². The van der Waals surface area contributed by atoms with Gasteiger partial charge in [0, 0.05) is 18.7 Å². The molecule has 0 aliphatic carbocycles. The smallest absolute Gasteiger partial charge is 0.254 e.